The van der Waals surface area contributed by atoms with E-state index in [-0.39, 0.29) is 18.9 Å². The smallest absolute Gasteiger partial charge is 0.310 e. The lowest BCUT2D eigenvalue weighted by Crippen LogP contribution is -2.22. The highest BCUT2D eigenvalue weighted by Gasteiger charge is 2.14. The van der Waals surface area contributed by atoms with Crippen LogP contribution in [0.25, 0.3) is 11.0 Å². The van der Waals surface area contributed by atoms with Crippen LogP contribution < -0.4 is 5.32 Å². The Hall–Kier alpha value is -3.08. The number of anilines is 1. The fraction of sp³-hybridized carbons (Fsp3) is 0.304. The molecule has 1 amide bonds. The fourth-order valence-electron chi connectivity index (χ4n) is 3.39. The molecule has 28 heavy (non-hydrogen) atoms. The van der Waals surface area contributed by atoms with Crippen LogP contribution in [0.5, 0.6) is 0 Å². The number of hydrogen-bond acceptors (Lipinski definition) is 4. The van der Waals surface area contributed by atoms with Gasteiger partial charge in [-0.2, -0.15) is 0 Å². The number of hydrogen-bond donors (Lipinski definition) is 1. The maximum absolute atomic E-state index is 12.2. The van der Waals surface area contributed by atoms with Crippen molar-refractivity contribution in [2.45, 2.75) is 40.5 Å². The van der Waals surface area contributed by atoms with Crippen molar-refractivity contribution in [3.8, 4) is 0 Å². The predicted octanol–water partition coefficient (Wildman–Crippen LogP) is 4.64. The SMILES string of the molecule is CCc1ccc2c(CC(=O)OCC(=O)Nc3c(C)cc(C)cc3C)coc2c1. The van der Waals surface area contributed by atoms with Gasteiger partial charge < -0.3 is 14.5 Å². The molecule has 0 spiro atoms. The van der Waals surface area contributed by atoms with Crippen molar-refractivity contribution < 1.29 is 18.7 Å². The zero-order valence-corrected chi connectivity index (χ0v) is 16.7. The summed E-state index contributed by atoms with van der Waals surface area (Å²) in [6, 6.07) is 9.96. The van der Waals surface area contributed by atoms with Crippen molar-refractivity contribution in [1.29, 1.82) is 0 Å². The lowest BCUT2D eigenvalue weighted by Gasteiger charge is -2.13. The Kier molecular flexibility index (Phi) is 5.83. The summed E-state index contributed by atoms with van der Waals surface area (Å²) in [6.07, 6.45) is 2.56. The number of benzene rings is 2. The summed E-state index contributed by atoms with van der Waals surface area (Å²) in [5, 5.41) is 3.72. The Morgan fingerprint density at radius 1 is 1.07 bits per heavy atom. The molecule has 5 nitrogen and oxygen atoms in total. The second-order valence-corrected chi connectivity index (χ2v) is 7.10. The van der Waals surface area contributed by atoms with Gasteiger partial charge in [0, 0.05) is 16.6 Å². The van der Waals surface area contributed by atoms with Crippen molar-refractivity contribution in [2.75, 3.05) is 11.9 Å². The van der Waals surface area contributed by atoms with E-state index in [0.29, 0.717) is 0 Å². The van der Waals surface area contributed by atoms with Crippen LogP contribution in [0.2, 0.25) is 0 Å². The molecule has 1 aromatic heterocycles. The minimum atomic E-state index is -0.463. The van der Waals surface area contributed by atoms with Gasteiger partial charge in [-0.1, -0.05) is 36.8 Å². The van der Waals surface area contributed by atoms with E-state index >= 15 is 0 Å². The third-order valence-electron chi connectivity index (χ3n) is 4.77. The quantitative estimate of drug-likeness (QED) is 0.633. The van der Waals surface area contributed by atoms with E-state index in [4.69, 9.17) is 9.15 Å². The van der Waals surface area contributed by atoms with Crippen LogP contribution in [-0.2, 0) is 27.2 Å². The van der Waals surface area contributed by atoms with Crippen molar-refractivity contribution in [1.82, 2.24) is 0 Å². The number of furan rings is 1. The van der Waals surface area contributed by atoms with Crippen LogP contribution in [-0.4, -0.2) is 18.5 Å². The van der Waals surface area contributed by atoms with Crippen molar-refractivity contribution >= 4 is 28.5 Å². The Morgan fingerprint density at radius 2 is 1.79 bits per heavy atom. The first-order valence-electron chi connectivity index (χ1n) is 9.39. The first-order valence-corrected chi connectivity index (χ1v) is 9.39. The molecule has 3 aromatic rings. The highest BCUT2D eigenvalue weighted by molar-refractivity contribution is 5.94. The molecular weight excluding hydrogens is 354 g/mol. The average molecular weight is 379 g/mol. The van der Waals surface area contributed by atoms with Gasteiger partial charge in [-0.3, -0.25) is 9.59 Å². The monoisotopic (exact) mass is 379 g/mol. The molecule has 0 aliphatic heterocycles. The van der Waals surface area contributed by atoms with Crippen LogP contribution in [0.15, 0.2) is 41.0 Å². The van der Waals surface area contributed by atoms with E-state index in [1.54, 1.807) is 6.26 Å². The molecule has 1 N–H and O–H groups in total. The highest BCUT2D eigenvalue weighted by Crippen LogP contribution is 2.24. The standard InChI is InChI=1S/C23H25NO4/c1-5-17-6-7-19-18(12-27-20(19)10-17)11-22(26)28-13-21(25)24-23-15(3)8-14(2)9-16(23)4/h6-10,12H,5,11,13H2,1-4H3,(H,24,25). The maximum atomic E-state index is 12.2. The first-order chi connectivity index (χ1) is 13.4. The van der Waals surface area contributed by atoms with E-state index in [2.05, 4.69) is 12.2 Å². The molecule has 146 valence electrons. The molecule has 0 unspecified atom stereocenters. The van der Waals surface area contributed by atoms with Crippen molar-refractivity contribution in [3.05, 3.63) is 64.4 Å². The fourth-order valence-corrected chi connectivity index (χ4v) is 3.39. The van der Waals surface area contributed by atoms with Gasteiger partial charge in [-0.15, -0.1) is 0 Å². The molecule has 0 atom stereocenters. The molecule has 0 saturated carbocycles. The van der Waals surface area contributed by atoms with Gasteiger partial charge in [0.2, 0.25) is 0 Å². The van der Waals surface area contributed by atoms with E-state index < -0.39 is 5.97 Å². The minimum Gasteiger partial charge on any atom is -0.464 e. The zero-order chi connectivity index (χ0) is 20.3. The average Bonchev–Trinajstić information content (AvgIpc) is 3.04. The van der Waals surface area contributed by atoms with Gasteiger partial charge in [0.05, 0.1) is 12.7 Å². The highest BCUT2D eigenvalue weighted by atomic mass is 16.5. The van der Waals surface area contributed by atoms with Gasteiger partial charge in [0.15, 0.2) is 6.61 Å². The largest absolute Gasteiger partial charge is 0.464 e. The summed E-state index contributed by atoms with van der Waals surface area (Å²) in [7, 11) is 0. The van der Waals surface area contributed by atoms with E-state index in [9.17, 15) is 9.59 Å². The molecule has 0 fully saturated rings. The summed E-state index contributed by atoms with van der Waals surface area (Å²) < 4.78 is 10.7. The summed E-state index contributed by atoms with van der Waals surface area (Å²) in [5.74, 6) is -0.817. The third kappa shape index (κ3) is 4.42. The molecule has 0 aliphatic rings. The Morgan fingerprint density at radius 3 is 2.46 bits per heavy atom. The zero-order valence-electron chi connectivity index (χ0n) is 16.7. The minimum absolute atomic E-state index is 0.0638. The van der Waals surface area contributed by atoms with Gasteiger partial charge in [0.1, 0.15) is 5.58 Å². The molecule has 0 saturated heterocycles. The number of rotatable bonds is 6. The lowest BCUT2D eigenvalue weighted by molar-refractivity contribution is -0.146. The Bertz CT molecular complexity index is 1010. The van der Waals surface area contributed by atoms with Crippen LogP contribution >= 0.6 is 0 Å². The number of ether oxygens (including phenoxy) is 1. The van der Waals surface area contributed by atoms with Crippen LogP contribution in [0, 0.1) is 20.8 Å². The molecule has 0 bridgehead atoms. The van der Waals surface area contributed by atoms with Crippen LogP contribution in [0.3, 0.4) is 0 Å². The van der Waals surface area contributed by atoms with Crippen LogP contribution in [0.1, 0.15) is 34.7 Å². The molecular formula is C23H25NO4. The van der Waals surface area contributed by atoms with Gasteiger partial charge in [-0.05, 0) is 49.9 Å². The van der Waals surface area contributed by atoms with Crippen molar-refractivity contribution in [2.24, 2.45) is 0 Å². The molecule has 1 heterocycles. The summed E-state index contributed by atoms with van der Waals surface area (Å²) >= 11 is 0. The van der Waals surface area contributed by atoms with E-state index in [0.717, 1.165) is 45.3 Å². The van der Waals surface area contributed by atoms with Gasteiger partial charge >= 0.3 is 5.97 Å². The Balaban J connectivity index is 1.58. The number of nitrogens with one attached hydrogen (secondary N) is 1. The number of aryl methyl sites for hydroxylation is 4. The van der Waals surface area contributed by atoms with Crippen molar-refractivity contribution in [3.63, 3.8) is 0 Å². The summed E-state index contributed by atoms with van der Waals surface area (Å²) in [5.41, 5.74) is 6.55. The second kappa shape index (κ2) is 8.30. The maximum Gasteiger partial charge on any atom is 0.310 e. The molecule has 0 aliphatic carbocycles. The van der Waals surface area contributed by atoms with E-state index in [1.807, 2.05) is 51.1 Å². The number of carbonyl (C=O) groups excluding carboxylic acids is 2. The number of carbonyl (C=O) groups is 2. The number of fused-ring (bicyclic) bond motifs is 1. The second-order valence-electron chi connectivity index (χ2n) is 7.10. The molecule has 3 rings (SSSR count). The van der Waals surface area contributed by atoms with Crippen LogP contribution in [0.4, 0.5) is 5.69 Å². The third-order valence-corrected chi connectivity index (χ3v) is 4.77. The van der Waals surface area contributed by atoms with E-state index in [1.165, 1.54) is 5.56 Å². The molecule has 0 radical (unpaired) electrons. The van der Waals surface area contributed by atoms with Gasteiger partial charge in [-0.25, -0.2) is 0 Å². The number of esters is 1. The predicted molar refractivity (Wildman–Crippen MR) is 110 cm³/mol. The summed E-state index contributed by atoms with van der Waals surface area (Å²) in [4.78, 5) is 24.4. The molecule has 2 aromatic carbocycles. The topological polar surface area (TPSA) is 68.5 Å². The Labute approximate surface area is 164 Å². The van der Waals surface area contributed by atoms with Gasteiger partial charge in [0.25, 0.3) is 5.91 Å². The normalized spacial score (nSPS) is 10.9. The first kappa shape index (κ1) is 19.7. The number of amides is 1. The lowest BCUT2D eigenvalue weighted by atomic mass is 10.1. The molecule has 5 heteroatoms. The summed E-state index contributed by atoms with van der Waals surface area (Å²) in [6.45, 7) is 7.65.